The van der Waals surface area contributed by atoms with Crippen LogP contribution in [-0.4, -0.2) is 46.1 Å². The van der Waals surface area contributed by atoms with E-state index in [1.165, 1.54) is 0 Å². The molecule has 8 atom stereocenters. The summed E-state index contributed by atoms with van der Waals surface area (Å²) < 4.78 is 4.93. The molecule has 0 spiro atoms. The van der Waals surface area contributed by atoms with Gasteiger partial charge in [0.2, 0.25) is 5.78 Å². The molecule has 4 aliphatic carbocycles. The van der Waals surface area contributed by atoms with Crippen LogP contribution in [0.5, 0.6) is 0 Å². The van der Waals surface area contributed by atoms with Crippen LogP contribution in [0, 0.1) is 34.5 Å². The molecule has 0 aliphatic heterocycles. The fourth-order valence-electron chi connectivity index (χ4n) is 7.90. The van der Waals surface area contributed by atoms with E-state index in [1.54, 1.807) is 0 Å². The second-order valence-electron chi connectivity index (χ2n) is 10.7. The molecule has 170 valence electrons. The second-order valence-corrected chi connectivity index (χ2v) is 10.7. The van der Waals surface area contributed by atoms with Crippen molar-refractivity contribution in [3.05, 3.63) is 24.3 Å². The van der Waals surface area contributed by atoms with Gasteiger partial charge in [-0.1, -0.05) is 32.9 Å². The number of esters is 1. The molecule has 0 radical (unpaired) electrons. The summed E-state index contributed by atoms with van der Waals surface area (Å²) in [6.45, 7) is 9.10. The van der Waals surface area contributed by atoms with Gasteiger partial charge < -0.3 is 14.9 Å². The molecule has 0 aromatic carbocycles. The first-order valence-corrected chi connectivity index (χ1v) is 11.5. The Labute approximate surface area is 183 Å². The van der Waals surface area contributed by atoms with Crippen LogP contribution in [0.1, 0.15) is 59.3 Å². The molecule has 6 heteroatoms. The molecule has 2 N–H and O–H groups in total. The number of allylic oxidation sites excluding steroid dienone is 1. The minimum atomic E-state index is -1.63. The first-order chi connectivity index (χ1) is 14.5. The number of ether oxygens (including phenoxy) is 1. The Morgan fingerprint density at radius 3 is 2.71 bits per heavy atom. The number of hydrogen-bond donors (Lipinski definition) is 2. The van der Waals surface area contributed by atoms with Gasteiger partial charge >= 0.3 is 5.97 Å². The molecule has 4 rings (SSSR count). The van der Waals surface area contributed by atoms with E-state index in [9.17, 15) is 24.6 Å². The van der Waals surface area contributed by atoms with Crippen LogP contribution in [0.2, 0.25) is 0 Å². The first-order valence-electron chi connectivity index (χ1n) is 11.5. The van der Waals surface area contributed by atoms with Crippen LogP contribution >= 0.6 is 0 Å². The van der Waals surface area contributed by atoms with Crippen molar-refractivity contribution >= 4 is 17.5 Å². The predicted molar refractivity (Wildman–Crippen MR) is 114 cm³/mol. The van der Waals surface area contributed by atoms with Crippen LogP contribution in [-0.2, 0) is 19.1 Å². The van der Waals surface area contributed by atoms with E-state index in [1.807, 2.05) is 13.0 Å². The maximum atomic E-state index is 13.0. The van der Waals surface area contributed by atoms with Crippen molar-refractivity contribution in [1.82, 2.24) is 0 Å². The Hall–Kier alpha value is -1.79. The normalized spacial score (nSPS) is 46.3. The number of aliphatic hydroxyl groups excluding tert-OH is 1. The number of hydrogen-bond acceptors (Lipinski definition) is 6. The molecule has 0 aromatic heterocycles. The van der Waals surface area contributed by atoms with E-state index in [0.29, 0.717) is 25.7 Å². The Morgan fingerprint density at radius 1 is 1.32 bits per heavy atom. The van der Waals surface area contributed by atoms with Gasteiger partial charge in [0.1, 0.15) is 5.60 Å². The molecule has 3 saturated carbocycles. The van der Waals surface area contributed by atoms with Gasteiger partial charge in [-0.2, -0.15) is 0 Å². The summed E-state index contributed by atoms with van der Waals surface area (Å²) in [6, 6.07) is 0. The highest BCUT2D eigenvalue weighted by atomic mass is 16.5. The van der Waals surface area contributed by atoms with E-state index in [0.717, 1.165) is 24.5 Å². The largest absolute Gasteiger partial charge is 0.454 e. The van der Waals surface area contributed by atoms with Crippen LogP contribution in [0.15, 0.2) is 24.3 Å². The van der Waals surface area contributed by atoms with E-state index in [-0.39, 0.29) is 34.9 Å². The highest BCUT2D eigenvalue weighted by Crippen LogP contribution is 2.68. The Balaban J connectivity index is 1.66. The summed E-state index contributed by atoms with van der Waals surface area (Å²) in [5.41, 5.74) is -1.49. The number of ketones is 2. The van der Waals surface area contributed by atoms with Crippen molar-refractivity contribution in [2.45, 2.75) is 71.0 Å². The van der Waals surface area contributed by atoms with Crippen molar-refractivity contribution in [3.8, 4) is 0 Å². The third kappa shape index (κ3) is 3.09. The van der Waals surface area contributed by atoms with Crippen LogP contribution < -0.4 is 0 Å². The lowest BCUT2D eigenvalue weighted by Gasteiger charge is -2.61. The molecular formula is C25H34O6. The van der Waals surface area contributed by atoms with Gasteiger partial charge in [0, 0.05) is 17.9 Å². The van der Waals surface area contributed by atoms with E-state index >= 15 is 0 Å². The van der Waals surface area contributed by atoms with Gasteiger partial charge in [-0.05, 0) is 67.3 Å². The van der Waals surface area contributed by atoms with Crippen LogP contribution in [0.3, 0.4) is 0 Å². The minimum Gasteiger partial charge on any atom is -0.454 e. The molecule has 0 heterocycles. The smallest absolute Gasteiger partial charge is 0.330 e. The SMILES string of the molecule is C=CC(=O)OCC(=O)[C@@]1(O)CC[C@H]2[C@@H]3CC(C)C4=CC(=O)CC[C@]4(C)[C@H]3[C@@H](O)C[C@@]21C. The first kappa shape index (κ1) is 22.4. The lowest BCUT2D eigenvalue weighted by Crippen LogP contribution is -2.62. The van der Waals surface area contributed by atoms with Crippen molar-refractivity contribution < 1.29 is 29.3 Å². The van der Waals surface area contributed by atoms with Crippen molar-refractivity contribution in [1.29, 1.82) is 0 Å². The third-order valence-corrected chi connectivity index (χ3v) is 9.34. The molecule has 0 amide bonds. The molecular weight excluding hydrogens is 396 g/mol. The molecule has 6 nitrogen and oxygen atoms in total. The highest BCUT2D eigenvalue weighted by Gasteiger charge is 2.68. The molecule has 1 unspecified atom stereocenters. The van der Waals surface area contributed by atoms with Crippen molar-refractivity contribution in [2.24, 2.45) is 34.5 Å². The average Bonchev–Trinajstić information content (AvgIpc) is 2.98. The standard InChI is InChI=1S/C25H34O6/c1-5-21(29)31-13-20(28)25(30)9-7-17-16-10-14(2)18-11-15(26)6-8-23(18,3)22(16)19(27)12-24(17,25)4/h5,11,14,16-17,19,22,27,30H,1,6-10,12-13H2,2-4H3/t14?,16-,17-,19-,22+,23-,24-,25-/m0/s1. The van der Waals surface area contributed by atoms with Gasteiger partial charge in [-0.15, -0.1) is 0 Å². The van der Waals surface area contributed by atoms with Gasteiger partial charge in [0.25, 0.3) is 0 Å². The summed E-state index contributed by atoms with van der Waals surface area (Å²) in [5, 5.41) is 23.0. The zero-order valence-corrected chi connectivity index (χ0v) is 18.7. The fourth-order valence-corrected chi connectivity index (χ4v) is 7.90. The maximum Gasteiger partial charge on any atom is 0.330 e. The molecule has 0 saturated heterocycles. The zero-order valence-electron chi connectivity index (χ0n) is 18.7. The maximum absolute atomic E-state index is 13.0. The van der Waals surface area contributed by atoms with Gasteiger partial charge in [0.15, 0.2) is 12.4 Å². The fraction of sp³-hybridized carbons (Fsp3) is 0.720. The third-order valence-electron chi connectivity index (χ3n) is 9.34. The van der Waals surface area contributed by atoms with E-state index in [4.69, 9.17) is 4.74 Å². The summed E-state index contributed by atoms with van der Waals surface area (Å²) >= 11 is 0. The monoisotopic (exact) mass is 430 g/mol. The van der Waals surface area contributed by atoms with Crippen LogP contribution in [0.4, 0.5) is 0 Å². The topological polar surface area (TPSA) is 101 Å². The van der Waals surface area contributed by atoms with Gasteiger partial charge in [-0.3, -0.25) is 9.59 Å². The lowest BCUT2D eigenvalue weighted by molar-refractivity contribution is -0.186. The number of Topliss-reactive ketones (excluding diaryl/α,β-unsaturated/α-hetero) is 1. The number of carbonyl (C=O) groups excluding carboxylic acids is 3. The predicted octanol–water partition coefficient (Wildman–Crippen LogP) is 2.76. The van der Waals surface area contributed by atoms with Crippen LogP contribution in [0.25, 0.3) is 0 Å². The average molecular weight is 431 g/mol. The molecule has 0 aromatic rings. The summed E-state index contributed by atoms with van der Waals surface area (Å²) in [4.78, 5) is 36.6. The Kier molecular flexibility index (Phi) is 5.33. The quantitative estimate of drug-likeness (QED) is 0.525. The minimum absolute atomic E-state index is 0.0113. The number of fused-ring (bicyclic) bond motifs is 5. The molecule has 3 fully saturated rings. The van der Waals surface area contributed by atoms with Crippen molar-refractivity contribution in [2.75, 3.05) is 6.61 Å². The second kappa shape index (κ2) is 7.38. The summed E-state index contributed by atoms with van der Waals surface area (Å²) in [5.74, 6) is -0.541. The Bertz CT molecular complexity index is 860. The molecule has 31 heavy (non-hydrogen) atoms. The summed E-state index contributed by atoms with van der Waals surface area (Å²) in [7, 11) is 0. The molecule has 4 aliphatic rings. The zero-order chi connectivity index (χ0) is 22.8. The highest BCUT2D eigenvalue weighted by molar-refractivity contribution is 5.92. The van der Waals surface area contributed by atoms with Crippen molar-refractivity contribution in [3.63, 3.8) is 0 Å². The lowest BCUT2D eigenvalue weighted by atomic mass is 9.44. The summed E-state index contributed by atoms with van der Waals surface area (Å²) in [6.07, 6.45) is 5.54. The number of aliphatic hydroxyl groups is 2. The number of carbonyl (C=O) groups is 3. The van der Waals surface area contributed by atoms with Gasteiger partial charge in [-0.25, -0.2) is 4.79 Å². The van der Waals surface area contributed by atoms with Gasteiger partial charge in [0.05, 0.1) is 6.10 Å². The van der Waals surface area contributed by atoms with E-state index in [2.05, 4.69) is 20.4 Å². The van der Waals surface area contributed by atoms with E-state index < -0.39 is 35.5 Å². The number of rotatable bonds is 4. The Morgan fingerprint density at radius 2 is 2.03 bits per heavy atom. The molecule has 0 bridgehead atoms.